The number of aromatic carboxylic acids is 1. The van der Waals surface area contributed by atoms with Crippen molar-refractivity contribution in [2.24, 2.45) is 0 Å². The first-order chi connectivity index (χ1) is 16.7. The first-order valence-corrected chi connectivity index (χ1v) is 11.3. The summed E-state index contributed by atoms with van der Waals surface area (Å²) in [6.45, 7) is 4.63. The van der Waals surface area contributed by atoms with Crippen molar-refractivity contribution in [3.05, 3.63) is 71.7 Å². The number of amides is 3. The molecular formula is C25H26FN5O4. The normalized spacial score (nSPS) is 15.3. The fourth-order valence-corrected chi connectivity index (χ4v) is 3.99. The van der Waals surface area contributed by atoms with Gasteiger partial charge in [-0.2, -0.15) is 0 Å². The van der Waals surface area contributed by atoms with E-state index in [2.05, 4.69) is 29.6 Å². The number of likely N-dealkylation sites (tertiary alicyclic amines) is 1. The molecular weight excluding hydrogens is 453 g/mol. The second-order valence-corrected chi connectivity index (χ2v) is 8.66. The average Bonchev–Trinajstić information content (AvgIpc) is 3.49. The minimum Gasteiger partial charge on any atom is -0.478 e. The molecule has 1 aliphatic rings. The minimum absolute atomic E-state index is 0.0425. The molecule has 3 N–H and O–H groups in total. The van der Waals surface area contributed by atoms with E-state index in [0.29, 0.717) is 31.0 Å². The largest absolute Gasteiger partial charge is 0.478 e. The van der Waals surface area contributed by atoms with Gasteiger partial charge in [0.1, 0.15) is 17.5 Å². The van der Waals surface area contributed by atoms with Crippen LogP contribution in [-0.2, 0) is 4.79 Å². The monoisotopic (exact) mass is 479 g/mol. The molecule has 0 aliphatic carbocycles. The van der Waals surface area contributed by atoms with Gasteiger partial charge in [0.05, 0.1) is 5.56 Å². The van der Waals surface area contributed by atoms with Gasteiger partial charge in [-0.05, 0) is 54.7 Å². The Morgan fingerprint density at radius 3 is 2.49 bits per heavy atom. The number of urea groups is 1. The molecule has 2 aromatic carbocycles. The third-order valence-electron chi connectivity index (χ3n) is 5.93. The lowest BCUT2D eigenvalue weighted by Crippen LogP contribution is -2.45. The highest BCUT2D eigenvalue weighted by Gasteiger charge is 2.34. The third kappa shape index (κ3) is 5.32. The maximum absolute atomic E-state index is 14.3. The molecule has 3 amide bonds. The van der Waals surface area contributed by atoms with Crippen LogP contribution in [-0.4, -0.2) is 50.3 Å². The van der Waals surface area contributed by atoms with Crippen LogP contribution in [0.4, 0.5) is 20.7 Å². The van der Waals surface area contributed by atoms with E-state index < -0.39 is 17.8 Å². The average molecular weight is 480 g/mol. The lowest BCUT2D eigenvalue weighted by Gasteiger charge is -2.24. The Morgan fingerprint density at radius 2 is 1.83 bits per heavy atom. The number of carboxylic acid groups (broad SMARTS) is 1. The van der Waals surface area contributed by atoms with Crippen molar-refractivity contribution in [1.29, 1.82) is 0 Å². The molecule has 10 heteroatoms. The Balaban J connectivity index is 1.41. The van der Waals surface area contributed by atoms with Gasteiger partial charge in [-0.1, -0.05) is 26.0 Å². The topological polar surface area (TPSA) is 117 Å². The molecule has 0 saturated carbocycles. The maximum atomic E-state index is 14.3. The summed E-state index contributed by atoms with van der Waals surface area (Å²) in [4.78, 5) is 38.2. The number of carboxylic acids is 1. The first kappa shape index (κ1) is 23.9. The molecule has 1 atom stereocenters. The third-order valence-corrected chi connectivity index (χ3v) is 5.93. The van der Waals surface area contributed by atoms with Crippen LogP contribution in [0.25, 0.3) is 5.69 Å². The van der Waals surface area contributed by atoms with Crippen LogP contribution in [0.1, 0.15) is 48.5 Å². The molecule has 1 unspecified atom stereocenters. The smallest absolute Gasteiger partial charge is 0.335 e. The van der Waals surface area contributed by atoms with Crippen LogP contribution >= 0.6 is 0 Å². The van der Waals surface area contributed by atoms with E-state index in [-0.39, 0.29) is 29.0 Å². The van der Waals surface area contributed by atoms with Gasteiger partial charge in [-0.3, -0.25) is 4.79 Å². The molecule has 1 fully saturated rings. The summed E-state index contributed by atoms with van der Waals surface area (Å²) < 4.78 is 15.5. The van der Waals surface area contributed by atoms with E-state index in [4.69, 9.17) is 5.11 Å². The summed E-state index contributed by atoms with van der Waals surface area (Å²) in [7, 11) is 0. The predicted octanol–water partition coefficient (Wildman–Crippen LogP) is 4.47. The summed E-state index contributed by atoms with van der Waals surface area (Å²) >= 11 is 0. The van der Waals surface area contributed by atoms with Gasteiger partial charge in [0.2, 0.25) is 5.91 Å². The van der Waals surface area contributed by atoms with E-state index in [0.717, 1.165) is 6.07 Å². The number of halogens is 1. The van der Waals surface area contributed by atoms with Gasteiger partial charge in [0.15, 0.2) is 5.82 Å². The highest BCUT2D eigenvalue weighted by atomic mass is 19.1. The molecule has 9 nitrogen and oxygen atoms in total. The van der Waals surface area contributed by atoms with E-state index in [1.165, 1.54) is 39.5 Å². The van der Waals surface area contributed by atoms with Gasteiger partial charge in [-0.25, -0.2) is 18.7 Å². The molecule has 4 rings (SSSR count). The highest BCUT2D eigenvalue weighted by Crippen LogP contribution is 2.23. The van der Waals surface area contributed by atoms with Crippen LogP contribution in [0.3, 0.4) is 0 Å². The number of anilines is 2. The van der Waals surface area contributed by atoms with Gasteiger partial charge < -0.3 is 20.6 Å². The SMILES string of the molecule is CC(C)c1ccc(NC(=O)N2CCCC2C(=O)Nc2ccn(-c3ccc(C(=O)O)cc3F)n2)cc1. The Labute approximate surface area is 201 Å². The number of hydrogen-bond acceptors (Lipinski definition) is 4. The fourth-order valence-electron chi connectivity index (χ4n) is 3.99. The Kier molecular flexibility index (Phi) is 6.81. The van der Waals surface area contributed by atoms with Crippen molar-refractivity contribution < 1.29 is 23.9 Å². The van der Waals surface area contributed by atoms with E-state index in [9.17, 15) is 18.8 Å². The molecule has 2 heterocycles. The maximum Gasteiger partial charge on any atom is 0.335 e. The molecule has 1 saturated heterocycles. The first-order valence-electron chi connectivity index (χ1n) is 11.3. The Hall–Kier alpha value is -4.21. The van der Waals surface area contributed by atoms with Gasteiger partial charge >= 0.3 is 12.0 Å². The van der Waals surface area contributed by atoms with E-state index in [1.54, 1.807) is 0 Å². The number of carbonyl (C=O) groups is 3. The number of hydrogen-bond donors (Lipinski definition) is 3. The van der Waals surface area contributed by atoms with Crippen LogP contribution in [0.5, 0.6) is 0 Å². The molecule has 0 bridgehead atoms. The number of aromatic nitrogens is 2. The van der Waals surface area contributed by atoms with E-state index in [1.807, 2.05) is 24.3 Å². The van der Waals surface area contributed by atoms with E-state index >= 15 is 0 Å². The van der Waals surface area contributed by atoms with Crippen molar-refractivity contribution in [3.8, 4) is 5.69 Å². The molecule has 3 aromatic rings. The summed E-state index contributed by atoms with van der Waals surface area (Å²) in [5.41, 5.74) is 1.68. The molecule has 182 valence electrons. The van der Waals surface area contributed by atoms with Crippen molar-refractivity contribution >= 4 is 29.4 Å². The lowest BCUT2D eigenvalue weighted by molar-refractivity contribution is -0.119. The zero-order chi connectivity index (χ0) is 25.1. The van der Waals surface area contributed by atoms with Crippen molar-refractivity contribution in [1.82, 2.24) is 14.7 Å². The molecule has 1 aromatic heterocycles. The van der Waals surface area contributed by atoms with Crippen molar-refractivity contribution in [2.45, 2.75) is 38.6 Å². The van der Waals surface area contributed by atoms with Crippen LogP contribution in [0.2, 0.25) is 0 Å². The van der Waals surface area contributed by atoms with Crippen molar-refractivity contribution in [3.63, 3.8) is 0 Å². The van der Waals surface area contributed by atoms with Crippen molar-refractivity contribution in [2.75, 3.05) is 17.2 Å². The van der Waals surface area contributed by atoms with Crippen LogP contribution in [0.15, 0.2) is 54.7 Å². The molecule has 1 aliphatic heterocycles. The van der Waals surface area contributed by atoms with Crippen LogP contribution < -0.4 is 10.6 Å². The molecule has 0 radical (unpaired) electrons. The quantitative estimate of drug-likeness (QED) is 0.482. The highest BCUT2D eigenvalue weighted by molar-refractivity contribution is 5.99. The summed E-state index contributed by atoms with van der Waals surface area (Å²) in [5, 5.41) is 18.7. The molecule has 35 heavy (non-hydrogen) atoms. The second-order valence-electron chi connectivity index (χ2n) is 8.66. The zero-order valence-corrected chi connectivity index (χ0v) is 19.4. The number of nitrogens with zero attached hydrogens (tertiary/aromatic N) is 3. The van der Waals surface area contributed by atoms with Gasteiger partial charge in [0, 0.05) is 24.5 Å². The van der Waals surface area contributed by atoms with Gasteiger partial charge in [-0.15, -0.1) is 5.10 Å². The number of carbonyl (C=O) groups excluding carboxylic acids is 2. The van der Waals surface area contributed by atoms with Gasteiger partial charge in [0.25, 0.3) is 0 Å². The minimum atomic E-state index is -1.23. The predicted molar refractivity (Wildman–Crippen MR) is 128 cm³/mol. The lowest BCUT2D eigenvalue weighted by atomic mass is 10.0. The summed E-state index contributed by atoms with van der Waals surface area (Å²) in [6.07, 6.45) is 2.65. The Morgan fingerprint density at radius 1 is 1.09 bits per heavy atom. The number of benzene rings is 2. The Bertz CT molecular complexity index is 1250. The number of rotatable bonds is 6. The number of nitrogens with one attached hydrogen (secondary N) is 2. The summed E-state index contributed by atoms with van der Waals surface area (Å²) in [6, 6.07) is 11.6. The summed E-state index contributed by atoms with van der Waals surface area (Å²) in [5.74, 6) is -1.81. The second kappa shape index (κ2) is 9.96. The fraction of sp³-hybridized carbons (Fsp3) is 0.280. The van der Waals surface area contributed by atoms with Crippen LogP contribution in [0, 0.1) is 5.82 Å². The zero-order valence-electron chi connectivity index (χ0n) is 19.4. The molecule has 0 spiro atoms. The standard InChI is InChI=1S/C25H26FN5O4/c1-15(2)16-5-8-18(9-6-16)27-25(35)30-12-3-4-21(30)23(32)28-22-11-13-31(29-22)20-10-7-17(24(33)34)14-19(20)26/h5-11,13-15,21H,3-4,12H2,1-2H3,(H,27,35)(H,33,34)(H,28,29,32).